The molecule has 4 N–H and O–H groups in total. The molecule has 16 heteroatoms. The Bertz CT molecular complexity index is 1370. The lowest BCUT2D eigenvalue weighted by Gasteiger charge is -2.16. The fourth-order valence-corrected chi connectivity index (χ4v) is 7.11. The van der Waals surface area contributed by atoms with Gasteiger partial charge in [0.2, 0.25) is 0 Å². The molecule has 2 aromatic rings. The molecule has 0 unspecified atom stereocenters. The molecular weight excluding hydrogens is 464 g/mol. The highest BCUT2D eigenvalue weighted by Gasteiger charge is 2.40. The third-order valence-electron chi connectivity index (χ3n) is 3.29. The van der Waals surface area contributed by atoms with E-state index in [0.29, 0.717) is 0 Å². The van der Waals surface area contributed by atoms with Crippen LogP contribution in [0.3, 0.4) is 0 Å². The first-order valence-corrected chi connectivity index (χ1v) is 12.4. The maximum Gasteiger partial charge on any atom is 0.297 e. The van der Waals surface area contributed by atoms with Crippen LogP contribution in [0.2, 0.25) is 0 Å². The summed E-state index contributed by atoms with van der Waals surface area (Å²) >= 11 is 0. The predicted octanol–water partition coefficient (Wildman–Crippen LogP) is 0.340. The van der Waals surface area contributed by atoms with Crippen LogP contribution in [0.1, 0.15) is 0 Å². The molecule has 28 heavy (non-hydrogen) atoms. The molecule has 0 aliphatic rings. The predicted molar refractivity (Wildman–Crippen MR) is 91.1 cm³/mol. The topological polar surface area (TPSA) is 217 Å². The second-order valence-corrected chi connectivity index (χ2v) is 10.6. The van der Waals surface area contributed by atoms with Gasteiger partial charge >= 0.3 is 0 Å². The molecule has 12 nitrogen and oxygen atoms in total. The fourth-order valence-electron chi connectivity index (χ4n) is 2.36. The van der Waals surface area contributed by atoms with Crippen LogP contribution in [0.5, 0.6) is 0 Å². The van der Waals surface area contributed by atoms with E-state index in [1.54, 1.807) is 0 Å². The Morgan fingerprint density at radius 2 is 0.964 bits per heavy atom. The van der Waals surface area contributed by atoms with E-state index in [2.05, 4.69) is 0 Å². The molecule has 0 saturated carbocycles. The average Bonchev–Trinajstić information content (AvgIpc) is 2.50. The molecule has 2 rings (SSSR count). The van der Waals surface area contributed by atoms with Crippen molar-refractivity contribution in [3.8, 4) is 11.1 Å². The lowest BCUT2D eigenvalue weighted by molar-refractivity contribution is 0.447. The molecule has 0 amide bonds. The Kier molecular flexibility index (Phi) is 5.47. The molecule has 0 atom stereocenters. The molecule has 154 valence electrons. The van der Waals surface area contributed by atoms with Gasteiger partial charge in [0, 0.05) is 5.56 Å². The zero-order chi connectivity index (χ0) is 21.7. The first-order valence-electron chi connectivity index (χ1n) is 6.62. The van der Waals surface area contributed by atoms with Crippen molar-refractivity contribution in [2.75, 3.05) is 0 Å². The summed E-state index contributed by atoms with van der Waals surface area (Å²) in [5, 5.41) is 0. The second-order valence-electron chi connectivity index (χ2n) is 5.18. The van der Waals surface area contributed by atoms with Crippen LogP contribution in [0.4, 0.5) is 0 Å². The van der Waals surface area contributed by atoms with Gasteiger partial charge in [0.15, 0.2) is 0 Å². The molecule has 0 aliphatic carbocycles. The third-order valence-corrected chi connectivity index (χ3v) is 7.36. The average molecular weight is 474 g/mol. The quantitative estimate of drug-likeness (QED) is 0.431. The van der Waals surface area contributed by atoms with Crippen LogP contribution in [0, 0.1) is 0 Å². The molecule has 0 fully saturated rings. The van der Waals surface area contributed by atoms with Crippen LogP contribution >= 0.6 is 0 Å². The molecule has 0 aliphatic heterocycles. The highest BCUT2D eigenvalue weighted by molar-refractivity contribution is 7.91. The van der Waals surface area contributed by atoms with E-state index in [1.165, 1.54) is 18.2 Å². The second kappa shape index (κ2) is 6.85. The van der Waals surface area contributed by atoms with Crippen molar-refractivity contribution >= 4 is 40.5 Å². The van der Waals surface area contributed by atoms with Gasteiger partial charge in [-0.2, -0.15) is 33.7 Å². The minimum atomic E-state index is -5.90. The lowest BCUT2D eigenvalue weighted by atomic mass is 10.1. The Morgan fingerprint density at radius 3 is 1.32 bits per heavy atom. The van der Waals surface area contributed by atoms with Gasteiger partial charge in [-0.15, -0.1) is 0 Å². The van der Waals surface area contributed by atoms with Gasteiger partial charge in [0.05, 0.1) is 0 Å². The van der Waals surface area contributed by atoms with Crippen LogP contribution in [0.25, 0.3) is 11.1 Å². The van der Waals surface area contributed by atoms with Crippen molar-refractivity contribution in [1.82, 2.24) is 0 Å². The molecular formula is C12H10O12S4. The van der Waals surface area contributed by atoms with E-state index >= 15 is 0 Å². The van der Waals surface area contributed by atoms with E-state index in [0.717, 1.165) is 12.1 Å². The number of hydrogen-bond acceptors (Lipinski definition) is 8. The summed E-state index contributed by atoms with van der Waals surface area (Å²) in [6.07, 6.45) is 0. The maximum absolute atomic E-state index is 11.8. The van der Waals surface area contributed by atoms with Gasteiger partial charge in [-0.05, 0) is 11.6 Å². The van der Waals surface area contributed by atoms with Crippen LogP contribution in [-0.4, -0.2) is 51.9 Å². The summed E-state index contributed by atoms with van der Waals surface area (Å²) in [5.41, 5.74) is -1.14. The van der Waals surface area contributed by atoms with Crippen molar-refractivity contribution < 1.29 is 51.9 Å². The third kappa shape index (κ3) is 4.39. The summed E-state index contributed by atoms with van der Waals surface area (Å²) in [4.78, 5) is -7.76. The maximum atomic E-state index is 11.8. The van der Waals surface area contributed by atoms with Crippen LogP contribution < -0.4 is 0 Å². The normalized spacial score (nSPS) is 13.4. The summed E-state index contributed by atoms with van der Waals surface area (Å²) in [6, 6.07) is 6.47. The van der Waals surface area contributed by atoms with Gasteiger partial charge in [-0.1, -0.05) is 30.3 Å². The monoisotopic (exact) mass is 474 g/mol. The first-order chi connectivity index (χ1) is 12.5. The van der Waals surface area contributed by atoms with Crippen molar-refractivity contribution in [1.29, 1.82) is 0 Å². The van der Waals surface area contributed by atoms with Gasteiger partial charge in [-0.25, -0.2) is 0 Å². The van der Waals surface area contributed by atoms with E-state index in [4.69, 9.17) is 0 Å². The van der Waals surface area contributed by atoms with Crippen molar-refractivity contribution in [3.63, 3.8) is 0 Å². The Balaban J connectivity index is 3.43. The Morgan fingerprint density at radius 1 is 0.536 bits per heavy atom. The highest BCUT2D eigenvalue weighted by Crippen LogP contribution is 2.40. The molecule has 0 bridgehead atoms. The molecule has 0 spiro atoms. The summed E-state index contributed by atoms with van der Waals surface area (Å²) < 4.78 is 131. The number of rotatable bonds is 5. The fraction of sp³-hybridized carbons (Fsp3) is 0. The van der Waals surface area contributed by atoms with Gasteiger partial charge in [0.1, 0.15) is 19.6 Å². The first kappa shape index (κ1) is 22.4. The molecule has 0 aromatic heterocycles. The van der Waals surface area contributed by atoms with Gasteiger partial charge in [-0.3, -0.25) is 18.2 Å². The van der Waals surface area contributed by atoms with Crippen LogP contribution in [-0.2, 0) is 40.5 Å². The SMILES string of the molecule is O=S(=O)(O)c1cc(-c2ccccc2)c(S(=O)(=O)O)c(S(=O)(=O)O)c1S(=O)(=O)O. The lowest BCUT2D eigenvalue weighted by Crippen LogP contribution is -2.19. The van der Waals surface area contributed by atoms with Crippen LogP contribution in [0.15, 0.2) is 56.0 Å². The van der Waals surface area contributed by atoms with Crippen molar-refractivity contribution in [2.24, 2.45) is 0 Å². The molecule has 2 aromatic carbocycles. The zero-order valence-electron chi connectivity index (χ0n) is 13.2. The van der Waals surface area contributed by atoms with Gasteiger partial charge in [0.25, 0.3) is 40.5 Å². The zero-order valence-corrected chi connectivity index (χ0v) is 16.4. The molecule has 0 saturated heterocycles. The molecule has 0 radical (unpaired) electrons. The Hall–Kier alpha value is -1.92. The minimum Gasteiger partial charge on any atom is -0.282 e. The summed E-state index contributed by atoms with van der Waals surface area (Å²) in [7, 11) is -23.0. The summed E-state index contributed by atoms with van der Waals surface area (Å²) in [5.74, 6) is 0. The van der Waals surface area contributed by atoms with Crippen molar-refractivity contribution in [3.05, 3.63) is 36.4 Å². The van der Waals surface area contributed by atoms with Gasteiger partial charge < -0.3 is 0 Å². The Labute approximate surface area is 159 Å². The standard InChI is InChI=1S/C12H10O12S4/c13-25(14,15)9-6-8(7-4-2-1-3-5-7)10(26(16,17)18)12(28(22,23)24)11(9)27(19,20)21/h1-6H,(H,13,14,15)(H,16,17,18)(H,19,20,21)(H,22,23,24). The van der Waals surface area contributed by atoms with E-state index in [9.17, 15) is 51.9 Å². The smallest absolute Gasteiger partial charge is 0.282 e. The highest BCUT2D eigenvalue weighted by atomic mass is 32.2. The number of benzene rings is 2. The minimum absolute atomic E-state index is 0.214. The molecule has 0 heterocycles. The van der Waals surface area contributed by atoms with E-state index in [-0.39, 0.29) is 11.6 Å². The van der Waals surface area contributed by atoms with E-state index in [1.807, 2.05) is 0 Å². The van der Waals surface area contributed by atoms with E-state index < -0.39 is 65.6 Å². The number of hydrogen-bond donors (Lipinski definition) is 4. The largest absolute Gasteiger partial charge is 0.297 e. The van der Waals surface area contributed by atoms with Crippen molar-refractivity contribution in [2.45, 2.75) is 19.6 Å². The summed E-state index contributed by atoms with van der Waals surface area (Å²) in [6.45, 7) is 0.